The Labute approximate surface area is 164 Å². The molecule has 0 aliphatic heterocycles. The van der Waals surface area contributed by atoms with Crippen LogP contribution in [0.25, 0.3) is 0 Å². The van der Waals surface area contributed by atoms with Gasteiger partial charge in [0.15, 0.2) is 0 Å². The fraction of sp³-hybridized carbons (Fsp3) is 0.450. The van der Waals surface area contributed by atoms with E-state index in [4.69, 9.17) is 10.2 Å². The molecule has 0 aliphatic rings. The summed E-state index contributed by atoms with van der Waals surface area (Å²) in [6, 6.07) is 5.77. The Hall–Kier alpha value is -3.05. The first-order valence-corrected chi connectivity index (χ1v) is 9.08. The third-order valence-corrected chi connectivity index (χ3v) is 5.38. The molecule has 0 unspecified atom stereocenters. The predicted octanol–water partition coefficient (Wildman–Crippen LogP) is 2.05. The second-order valence-corrected chi connectivity index (χ2v) is 7.33. The molecule has 8 heteroatoms. The highest BCUT2D eigenvalue weighted by atomic mass is 16.3. The highest BCUT2D eigenvalue weighted by molar-refractivity contribution is 5.94. The van der Waals surface area contributed by atoms with E-state index in [0.717, 1.165) is 11.3 Å². The van der Waals surface area contributed by atoms with Crippen molar-refractivity contribution < 1.29 is 14.0 Å². The van der Waals surface area contributed by atoms with Crippen molar-refractivity contribution in [2.75, 3.05) is 11.9 Å². The quantitative estimate of drug-likeness (QED) is 0.641. The molecule has 8 nitrogen and oxygen atoms in total. The molecule has 0 radical (unpaired) electrons. The van der Waals surface area contributed by atoms with Crippen LogP contribution in [0, 0.1) is 31.1 Å². The molecule has 0 aliphatic carbocycles. The summed E-state index contributed by atoms with van der Waals surface area (Å²) in [5, 5.41) is 15.3. The maximum atomic E-state index is 12.6. The molecule has 0 aromatic carbocycles. The third kappa shape index (κ3) is 4.10. The van der Waals surface area contributed by atoms with Crippen LogP contribution in [0.5, 0.6) is 0 Å². The van der Waals surface area contributed by atoms with Crippen molar-refractivity contribution in [3.05, 3.63) is 41.0 Å². The van der Waals surface area contributed by atoms with Crippen molar-refractivity contribution in [2.45, 2.75) is 46.7 Å². The largest absolute Gasteiger partial charge is 0.467 e. The lowest BCUT2D eigenvalue weighted by atomic mass is 9.87. The Morgan fingerprint density at radius 1 is 1.39 bits per heavy atom. The fourth-order valence-electron chi connectivity index (χ4n) is 2.90. The Morgan fingerprint density at radius 3 is 2.57 bits per heavy atom. The molecule has 2 aromatic rings. The molecule has 4 N–H and O–H groups in total. The van der Waals surface area contributed by atoms with E-state index in [-0.39, 0.29) is 18.4 Å². The van der Waals surface area contributed by atoms with Gasteiger partial charge in [-0.2, -0.15) is 5.26 Å². The first kappa shape index (κ1) is 21.3. The minimum Gasteiger partial charge on any atom is -0.467 e. The highest BCUT2D eigenvalue weighted by Gasteiger charge is 2.34. The highest BCUT2D eigenvalue weighted by Crippen LogP contribution is 2.27. The standard InChI is InChI=1S/C20H27N5O3/c1-12(2)20(5,19(22)27)23-10-17(26)24-18-16(9-21)13(3)14(4)25(18)11-15-7-6-8-28-15/h6-8,12,23H,10-11H2,1-5H3,(H2,22,27)(H,24,26)/t20-/m0/s1. The van der Waals surface area contributed by atoms with E-state index in [1.165, 1.54) is 0 Å². The molecule has 2 rings (SSSR count). The van der Waals surface area contributed by atoms with Crippen molar-refractivity contribution in [2.24, 2.45) is 11.7 Å². The number of furan rings is 1. The molecule has 0 saturated carbocycles. The zero-order valence-electron chi connectivity index (χ0n) is 16.9. The van der Waals surface area contributed by atoms with Gasteiger partial charge in [0.05, 0.1) is 30.5 Å². The van der Waals surface area contributed by atoms with Crippen molar-refractivity contribution in [1.29, 1.82) is 5.26 Å². The topological polar surface area (TPSA) is 126 Å². The molecule has 0 bridgehead atoms. The Morgan fingerprint density at radius 2 is 2.07 bits per heavy atom. The van der Waals surface area contributed by atoms with Crippen LogP contribution in [0.3, 0.4) is 0 Å². The van der Waals surface area contributed by atoms with Crippen LogP contribution >= 0.6 is 0 Å². The van der Waals surface area contributed by atoms with Crippen LogP contribution < -0.4 is 16.4 Å². The molecule has 28 heavy (non-hydrogen) atoms. The lowest BCUT2D eigenvalue weighted by Gasteiger charge is -2.31. The van der Waals surface area contributed by atoms with Crippen LogP contribution in [-0.2, 0) is 16.1 Å². The van der Waals surface area contributed by atoms with Crippen LogP contribution in [0.2, 0.25) is 0 Å². The minimum atomic E-state index is -1.02. The van der Waals surface area contributed by atoms with E-state index in [9.17, 15) is 14.9 Å². The van der Waals surface area contributed by atoms with Crippen molar-refractivity contribution >= 4 is 17.6 Å². The first-order chi connectivity index (χ1) is 13.1. The van der Waals surface area contributed by atoms with Gasteiger partial charge in [-0.1, -0.05) is 13.8 Å². The van der Waals surface area contributed by atoms with Crippen molar-refractivity contribution in [3.63, 3.8) is 0 Å². The molecular weight excluding hydrogens is 358 g/mol. The number of nitrogens with one attached hydrogen (secondary N) is 2. The molecule has 1 atom stereocenters. The number of hydrogen-bond acceptors (Lipinski definition) is 5. The van der Waals surface area contributed by atoms with Crippen LogP contribution in [0.1, 0.15) is 43.4 Å². The molecule has 2 amide bonds. The zero-order chi connectivity index (χ0) is 21.1. The van der Waals surface area contributed by atoms with Crippen molar-refractivity contribution in [1.82, 2.24) is 9.88 Å². The first-order valence-electron chi connectivity index (χ1n) is 9.08. The number of hydrogen-bond donors (Lipinski definition) is 3. The van der Waals surface area contributed by atoms with Crippen LogP contribution in [0.4, 0.5) is 5.82 Å². The summed E-state index contributed by atoms with van der Waals surface area (Å²) in [5.41, 5.74) is 6.53. The molecular formula is C20H27N5O3. The second kappa shape index (κ2) is 8.31. The molecule has 2 aromatic heterocycles. The van der Waals surface area contributed by atoms with Crippen LogP contribution in [-0.4, -0.2) is 28.5 Å². The van der Waals surface area contributed by atoms with Gasteiger partial charge in [-0.3, -0.25) is 14.9 Å². The summed E-state index contributed by atoms with van der Waals surface area (Å²) in [7, 11) is 0. The summed E-state index contributed by atoms with van der Waals surface area (Å²) < 4.78 is 7.23. The molecule has 0 spiro atoms. The summed E-state index contributed by atoms with van der Waals surface area (Å²) in [5.74, 6) is 0.117. The number of nitrogens with zero attached hydrogens (tertiary/aromatic N) is 2. The van der Waals surface area contributed by atoms with E-state index >= 15 is 0 Å². The summed E-state index contributed by atoms with van der Waals surface area (Å²) in [4.78, 5) is 24.4. The van der Waals surface area contributed by atoms with Gasteiger partial charge in [0.25, 0.3) is 0 Å². The van der Waals surface area contributed by atoms with Crippen molar-refractivity contribution in [3.8, 4) is 6.07 Å². The lowest BCUT2D eigenvalue weighted by Crippen LogP contribution is -2.58. The van der Waals surface area contributed by atoms with Gasteiger partial charge in [0.1, 0.15) is 17.6 Å². The second-order valence-electron chi connectivity index (χ2n) is 7.33. The number of aromatic nitrogens is 1. The number of primary amides is 1. The van der Waals surface area contributed by atoms with E-state index in [0.29, 0.717) is 23.7 Å². The van der Waals surface area contributed by atoms with Gasteiger partial charge in [0, 0.05) is 5.69 Å². The molecule has 0 fully saturated rings. The number of carbonyl (C=O) groups is 2. The molecule has 2 heterocycles. The van der Waals surface area contributed by atoms with Gasteiger partial charge in [0.2, 0.25) is 11.8 Å². The Kier molecular flexibility index (Phi) is 6.31. The predicted molar refractivity (Wildman–Crippen MR) is 106 cm³/mol. The van der Waals surface area contributed by atoms with Crippen LogP contribution in [0.15, 0.2) is 22.8 Å². The van der Waals surface area contributed by atoms with Gasteiger partial charge in [-0.15, -0.1) is 0 Å². The van der Waals surface area contributed by atoms with Gasteiger partial charge in [-0.25, -0.2) is 0 Å². The number of anilines is 1. The number of carbonyl (C=O) groups excluding carboxylic acids is 2. The lowest BCUT2D eigenvalue weighted by molar-refractivity contribution is -0.125. The number of nitriles is 1. The zero-order valence-corrected chi connectivity index (χ0v) is 16.9. The van der Waals surface area contributed by atoms with Gasteiger partial charge < -0.3 is 20.0 Å². The van der Waals surface area contributed by atoms with Gasteiger partial charge in [-0.05, 0) is 44.4 Å². The fourth-order valence-corrected chi connectivity index (χ4v) is 2.90. The summed E-state index contributed by atoms with van der Waals surface area (Å²) in [6.45, 7) is 9.36. The average Bonchev–Trinajstić information content (AvgIpc) is 3.22. The van der Waals surface area contributed by atoms with E-state index in [1.54, 1.807) is 19.3 Å². The molecule has 0 saturated heterocycles. The summed E-state index contributed by atoms with van der Waals surface area (Å²) >= 11 is 0. The van der Waals surface area contributed by atoms with E-state index in [2.05, 4.69) is 16.7 Å². The normalized spacial score (nSPS) is 13.2. The number of amides is 2. The number of nitrogens with two attached hydrogens (primary N) is 1. The maximum absolute atomic E-state index is 12.6. The van der Waals surface area contributed by atoms with E-state index < -0.39 is 11.4 Å². The monoisotopic (exact) mass is 385 g/mol. The minimum absolute atomic E-state index is 0.0974. The smallest absolute Gasteiger partial charge is 0.239 e. The third-order valence-electron chi connectivity index (χ3n) is 5.38. The average molecular weight is 385 g/mol. The SMILES string of the molecule is Cc1c(C#N)c(NC(=O)CN[C@](C)(C(N)=O)C(C)C)n(Cc2ccco2)c1C. The Balaban J connectivity index is 2.25. The summed E-state index contributed by atoms with van der Waals surface area (Å²) in [6.07, 6.45) is 1.57. The Bertz CT molecular complexity index is 905. The molecule has 150 valence electrons. The number of rotatable bonds is 8. The maximum Gasteiger partial charge on any atom is 0.239 e. The van der Waals surface area contributed by atoms with E-state index in [1.807, 2.05) is 38.3 Å². The van der Waals surface area contributed by atoms with Gasteiger partial charge >= 0.3 is 0 Å².